The van der Waals surface area contributed by atoms with E-state index in [1.54, 1.807) is 4.57 Å². The average molecular weight is 272 g/mol. The summed E-state index contributed by atoms with van der Waals surface area (Å²) in [5, 5.41) is 3.46. The van der Waals surface area contributed by atoms with Crippen LogP contribution in [0.15, 0.2) is 11.2 Å². The molecule has 1 aliphatic heterocycles. The third kappa shape index (κ3) is 2.73. The Morgan fingerprint density at radius 3 is 3.06 bits per heavy atom. The van der Waals surface area contributed by atoms with Crippen LogP contribution in [0.2, 0.25) is 0 Å². The van der Waals surface area contributed by atoms with Crippen molar-refractivity contribution >= 4 is 10.0 Å². The minimum Gasteiger partial charge on any atom is -0.318 e. The zero-order chi connectivity index (χ0) is 13.2. The van der Waals surface area contributed by atoms with Crippen molar-refractivity contribution in [3.63, 3.8) is 0 Å². The van der Waals surface area contributed by atoms with Gasteiger partial charge in [-0.15, -0.1) is 0 Å². The van der Waals surface area contributed by atoms with Gasteiger partial charge in [-0.3, -0.25) is 0 Å². The van der Waals surface area contributed by atoms with Crippen molar-refractivity contribution in [3.8, 4) is 0 Å². The Kier molecular flexibility index (Phi) is 4.04. The second-order valence-corrected chi connectivity index (χ2v) is 6.29. The number of sulfonamides is 1. The maximum absolute atomic E-state index is 12.2. The lowest BCUT2D eigenvalue weighted by Crippen LogP contribution is -2.39. The Morgan fingerprint density at radius 2 is 2.33 bits per heavy atom. The van der Waals surface area contributed by atoms with Crippen molar-refractivity contribution in [1.29, 1.82) is 0 Å². The number of aryl methyl sites for hydroxylation is 1. The van der Waals surface area contributed by atoms with Gasteiger partial charge in [-0.1, -0.05) is 6.92 Å². The fraction of sp³-hybridized carbons (Fsp3) is 0.727. The standard InChI is InChI=1S/C11H20N4O2S/c1-3-12-9(2)7-14-18(16,17)11-8-13-10-5-4-6-15(10)11/h8-9,12,14H,3-7H2,1-2H3/t9-/m1/s1. The van der Waals surface area contributed by atoms with E-state index in [0.29, 0.717) is 11.6 Å². The summed E-state index contributed by atoms with van der Waals surface area (Å²) >= 11 is 0. The predicted molar refractivity (Wildman–Crippen MR) is 68.9 cm³/mol. The van der Waals surface area contributed by atoms with Gasteiger partial charge in [-0.25, -0.2) is 18.1 Å². The van der Waals surface area contributed by atoms with Gasteiger partial charge in [0.15, 0.2) is 5.03 Å². The molecule has 7 heteroatoms. The average Bonchev–Trinajstić information content (AvgIpc) is 2.88. The molecule has 1 aromatic heterocycles. The molecule has 0 fully saturated rings. The monoisotopic (exact) mass is 272 g/mol. The van der Waals surface area contributed by atoms with Crippen LogP contribution in [0, 0.1) is 0 Å². The van der Waals surface area contributed by atoms with Gasteiger partial charge in [0.25, 0.3) is 10.0 Å². The van der Waals surface area contributed by atoms with Crippen LogP contribution in [0.1, 0.15) is 26.1 Å². The van der Waals surface area contributed by atoms with Crippen LogP contribution >= 0.6 is 0 Å². The number of nitrogens with one attached hydrogen (secondary N) is 2. The van der Waals surface area contributed by atoms with Gasteiger partial charge in [0.1, 0.15) is 5.82 Å². The Bertz CT molecular complexity index is 509. The van der Waals surface area contributed by atoms with E-state index in [1.807, 2.05) is 13.8 Å². The fourth-order valence-corrected chi connectivity index (χ4v) is 3.47. The highest BCUT2D eigenvalue weighted by atomic mass is 32.2. The van der Waals surface area contributed by atoms with E-state index in [0.717, 1.165) is 31.8 Å². The maximum atomic E-state index is 12.2. The lowest BCUT2D eigenvalue weighted by atomic mass is 10.3. The molecule has 0 amide bonds. The number of imidazole rings is 1. The fourth-order valence-electron chi connectivity index (χ4n) is 2.17. The van der Waals surface area contributed by atoms with E-state index in [-0.39, 0.29) is 6.04 Å². The number of nitrogens with zero attached hydrogens (tertiary/aromatic N) is 2. The molecule has 0 spiro atoms. The minimum atomic E-state index is -3.45. The molecule has 0 saturated heterocycles. The molecule has 0 aromatic carbocycles. The molecule has 0 aliphatic carbocycles. The first-order valence-electron chi connectivity index (χ1n) is 6.32. The third-order valence-corrected chi connectivity index (χ3v) is 4.51. The maximum Gasteiger partial charge on any atom is 0.257 e. The molecule has 0 unspecified atom stereocenters. The molecular weight excluding hydrogens is 252 g/mol. The Labute approximate surface area is 108 Å². The van der Waals surface area contributed by atoms with Crippen molar-refractivity contribution in [3.05, 3.63) is 12.0 Å². The highest BCUT2D eigenvalue weighted by Crippen LogP contribution is 2.19. The highest BCUT2D eigenvalue weighted by Gasteiger charge is 2.24. The van der Waals surface area contributed by atoms with E-state index >= 15 is 0 Å². The van der Waals surface area contributed by atoms with Crippen molar-refractivity contribution in [2.45, 2.75) is 44.3 Å². The number of fused-ring (bicyclic) bond motifs is 1. The number of likely N-dealkylation sites (N-methyl/N-ethyl adjacent to an activating group) is 1. The van der Waals surface area contributed by atoms with Crippen LogP contribution in [0.5, 0.6) is 0 Å². The van der Waals surface area contributed by atoms with Gasteiger partial charge in [-0.2, -0.15) is 0 Å². The second kappa shape index (κ2) is 5.38. The van der Waals surface area contributed by atoms with Crippen molar-refractivity contribution in [2.75, 3.05) is 13.1 Å². The molecule has 1 atom stereocenters. The molecule has 18 heavy (non-hydrogen) atoms. The molecule has 0 bridgehead atoms. The summed E-state index contributed by atoms with van der Waals surface area (Å²) in [5.41, 5.74) is 0. The van der Waals surface area contributed by atoms with E-state index in [2.05, 4.69) is 15.0 Å². The summed E-state index contributed by atoms with van der Waals surface area (Å²) in [4.78, 5) is 4.15. The Balaban J connectivity index is 2.07. The number of hydrogen-bond acceptors (Lipinski definition) is 4. The van der Waals surface area contributed by atoms with Crippen molar-refractivity contribution in [1.82, 2.24) is 19.6 Å². The smallest absolute Gasteiger partial charge is 0.257 e. The first-order chi connectivity index (χ1) is 8.54. The number of hydrogen-bond donors (Lipinski definition) is 2. The quantitative estimate of drug-likeness (QED) is 0.770. The van der Waals surface area contributed by atoms with Gasteiger partial charge < -0.3 is 9.88 Å². The molecule has 2 N–H and O–H groups in total. The molecular formula is C11H20N4O2S. The highest BCUT2D eigenvalue weighted by molar-refractivity contribution is 7.89. The molecule has 1 aliphatic rings. The first-order valence-corrected chi connectivity index (χ1v) is 7.80. The zero-order valence-corrected chi connectivity index (χ0v) is 11.6. The summed E-state index contributed by atoms with van der Waals surface area (Å²) in [7, 11) is -3.45. The van der Waals surface area contributed by atoms with Gasteiger partial charge in [0.05, 0.1) is 6.20 Å². The normalized spacial score (nSPS) is 16.8. The summed E-state index contributed by atoms with van der Waals surface area (Å²) in [5.74, 6) is 0.870. The van der Waals surface area contributed by atoms with Crippen LogP contribution in [-0.4, -0.2) is 37.1 Å². The topological polar surface area (TPSA) is 76.0 Å². The molecule has 0 saturated carbocycles. The SMILES string of the molecule is CCN[C@H](C)CNS(=O)(=O)c1cnc2n1CCC2. The predicted octanol–water partition coefficient (Wildman–Crippen LogP) is 0.106. The Morgan fingerprint density at radius 1 is 1.56 bits per heavy atom. The van der Waals surface area contributed by atoms with E-state index in [1.165, 1.54) is 6.20 Å². The van der Waals surface area contributed by atoms with Crippen LogP contribution < -0.4 is 10.0 Å². The zero-order valence-electron chi connectivity index (χ0n) is 10.8. The molecule has 2 heterocycles. The van der Waals surface area contributed by atoms with E-state index < -0.39 is 10.0 Å². The number of rotatable bonds is 6. The number of aromatic nitrogens is 2. The molecule has 2 rings (SSSR count). The van der Waals surface area contributed by atoms with Gasteiger partial charge in [-0.05, 0) is 19.9 Å². The summed E-state index contributed by atoms with van der Waals surface area (Å²) < 4.78 is 28.7. The lowest BCUT2D eigenvalue weighted by molar-refractivity contribution is 0.529. The minimum absolute atomic E-state index is 0.116. The van der Waals surface area contributed by atoms with Crippen molar-refractivity contribution < 1.29 is 8.42 Å². The summed E-state index contributed by atoms with van der Waals surface area (Å²) in [6, 6.07) is 0.116. The summed E-state index contributed by atoms with van der Waals surface area (Å²) in [6.45, 7) is 5.90. The molecule has 6 nitrogen and oxygen atoms in total. The third-order valence-electron chi connectivity index (χ3n) is 3.09. The van der Waals surface area contributed by atoms with Crippen LogP contribution in [0.4, 0.5) is 0 Å². The van der Waals surface area contributed by atoms with Crippen molar-refractivity contribution in [2.24, 2.45) is 0 Å². The molecule has 1 aromatic rings. The Hall–Kier alpha value is -0.920. The second-order valence-electron chi connectivity index (χ2n) is 4.58. The van der Waals surface area contributed by atoms with Gasteiger partial charge in [0, 0.05) is 25.6 Å². The van der Waals surface area contributed by atoms with Crippen LogP contribution in [-0.2, 0) is 23.0 Å². The first kappa shape index (κ1) is 13.5. The molecule has 102 valence electrons. The van der Waals surface area contributed by atoms with Crippen LogP contribution in [0.25, 0.3) is 0 Å². The van der Waals surface area contributed by atoms with Crippen LogP contribution in [0.3, 0.4) is 0 Å². The largest absolute Gasteiger partial charge is 0.318 e. The van der Waals surface area contributed by atoms with Gasteiger partial charge >= 0.3 is 0 Å². The van der Waals surface area contributed by atoms with Gasteiger partial charge in [0.2, 0.25) is 0 Å². The van der Waals surface area contributed by atoms with E-state index in [4.69, 9.17) is 0 Å². The summed E-state index contributed by atoms with van der Waals surface area (Å²) in [6.07, 6.45) is 3.29. The molecule has 0 radical (unpaired) electrons. The lowest BCUT2D eigenvalue weighted by Gasteiger charge is -2.13. The van der Waals surface area contributed by atoms with E-state index in [9.17, 15) is 8.42 Å².